The lowest BCUT2D eigenvalue weighted by atomic mass is 9.76. The molecular weight excluding hydrogens is 386 g/mol. The van der Waals surface area contributed by atoms with E-state index in [4.69, 9.17) is 0 Å². The van der Waals surface area contributed by atoms with Crippen molar-refractivity contribution in [1.82, 2.24) is 9.88 Å². The molecule has 0 radical (unpaired) electrons. The van der Waals surface area contributed by atoms with Gasteiger partial charge in [0.25, 0.3) is 0 Å². The molecule has 1 aliphatic carbocycles. The lowest BCUT2D eigenvalue weighted by Crippen LogP contribution is -2.44. The molecule has 0 unspecified atom stereocenters. The van der Waals surface area contributed by atoms with Crippen molar-refractivity contribution in [2.24, 2.45) is 5.92 Å². The van der Waals surface area contributed by atoms with Gasteiger partial charge >= 0.3 is 12.4 Å². The first-order valence-electron chi connectivity index (χ1n) is 8.63. The first kappa shape index (κ1) is 19.0. The number of nitrogens with zero attached hydrogens (tertiary/aromatic N) is 1. The van der Waals surface area contributed by atoms with Crippen LogP contribution in [0, 0.1) is 5.92 Å². The van der Waals surface area contributed by atoms with Crippen LogP contribution in [0.25, 0.3) is 16.5 Å². The van der Waals surface area contributed by atoms with Gasteiger partial charge in [-0.2, -0.15) is 26.3 Å². The van der Waals surface area contributed by atoms with Crippen LogP contribution in [-0.2, 0) is 23.6 Å². The molecule has 1 aromatic carbocycles. The van der Waals surface area contributed by atoms with Gasteiger partial charge in [-0.3, -0.25) is 9.69 Å². The highest BCUT2D eigenvalue weighted by molar-refractivity contribution is 6.01. The molecule has 1 N–H and O–H groups in total. The number of hydrogen-bond donors (Lipinski definition) is 1. The Labute approximate surface area is 156 Å². The lowest BCUT2D eigenvalue weighted by Gasteiger charge is -2.40. The largest absolute Gasteiger partial charge is 0.417 e. The zero-order valence-corrected chi connectivity index (χ0v) is 14.9. The normalized spacial score (nSPS) is 22.9. The van der Waals surface area contributed by atoms with Crippen LogP contribution < -0.4 is 0 Å². The fraction of sp³-hybridized carbons (Fsp3) is 0.421. The molecule has 2 aliphatic rings. The molecule has 1 aliphatic heterocycles. The second-order valence-electron chi connectivity index (χ2n) is 7.40. The summed E-state index contributed by atoms with van der Waals surface area (Å²) < 4.78 is 82.4. The van der Waals surface area contributed by atoms with Gasteiger partial charge in [0.05, 0.1) is 11.1 Å². The number of benzene rings is 1. The number of halogens is 6. The molecule has 0 fully saturated rings. The molecule has 4 rings (SSSR count). The van der Waals surface area contributed by atoms with Gasteiger partial charge in [-0.1, -0.05) is 6.08 Å². The predicted octanol–water partition coefficient (Wildman–Crippen LogP) is 4.66. The number of aromatic amines is 1. The van der Waals surface area contributed by atoms with Crippen molar-refractivity contribution in [2.75, 3.05) is 13.6 Å². The Morgan fingerprint density at radius 1 is 1.18 bits per heavy atom. The van der Waals surface area contributed by atoms with E-state index in [9.17, 15) is 31.1 Å². The zero-order chi connectivity index (χ0) is 20.6. The van der Waals surface area contributed by atoms with Crippen molar-refractivity contribution in [1.29, 1.82) is 0 Å². The highest BCUT2D eigenvalue weighted by Gasteiger charge is 2.48. The maximum atomic E-state index is 13.9. The van der Waals surface area contributed by atoms with E-state index >= 15 is 0 Å². The zero-order valence-electron chi connectivity index (χ0n) is 14.9. The number of carbonyl (C=O) groups excluding carboxylic acids is 1. The van der Waals surface area contributed by atoms with Crippen molar-refractivity contribution < 1.29 is 31.1 Å². The summed E-state index contributed by atoms with van der Waals surface area (Å²) in [6.07, 6.45) is -7.12. The number of nitrogens with one attached hydrogen (secondary N) is 1. The smallest absolute Gasteiger partial charge is 0.361 e. The minimum Gasteiger partial charge on any atom is -0.361 e. The molecule has 9 heteroatoms. The van der Waals surface area contributed by atoms with Crippen molar-refractivity contribution in [3.63, 3.8) is 0 Å². The molecule has 2 atom stereocenters. The molecule has 0 amide bonds. The van der Waals surface area contributed by atoms with Gasteiger partial charge in [0.2, 0.25) is 0 Å². The van der Waals surface area contributed by atoms with Crippen LogP contribution in [0.2, 0.25) is 0 Å². The number of likely N-dealkylation sites (N-methyl/N-ethyl adjacent to an activating group) is 1. The Bertz CT molecular complexity index is 1010. The van der Waals surface area contributed by atoms with Crippen molar-refractivity contribution in [2.45, 2.75) is 31.7 Å². The SMILES string of the molecule is CC(=O)[C@@H]1C=C2c3c(C(F)(F)F)c(C(F)(F)F)cc4[nH]cc(c34)C[C@H]2N(C)C1. The standard InChI is InChI=1S/C19H16F6N2O/c1-8(28)10-3-11-14(27(2)7-10)4-9-6-26-13-5-12(18(20,21)22)17(19(23,24)25)16(11)15(9)13/h3,5-6,10,14,26H,4,7H2,1-2H3/t10-,14-/m1/s1. The molecule has 3 nitrogen and oxygen atoms in total. The summed E-state index contributed by atoms with van der Waals surface area (Å²) in [6.45, 7) is 1.64. The summed E-state index contributed by atoms with van der Waals surface area (Å²) in [7, 11) is 1.67. The number of Topliss-reactive ketones (excluding diaryl/α,β-unsaturated/α-hetero) is 1. The summed E-state index contributed by atoms with van der Waals surface area (Å²) in [4.78, 5) is 16.3. The summed E-state index contributed by atoms with van der Waals surface area (Å²) in [6, 6.07) is 0.00722. The van der Waals surface area contributed by atoms with E-state index in [2.05, 4.69) is 4.98 Å². The molecule has 0 saturated heterocycles. The van der Waals surface area contributed by atoms with Crippen LogP contribution in [0.3, 0.4) is 0 Å². The monoisotopic (exact) mass is 402 g/mol. The van der Waals surface area contributed by atoms with Gasteiger partial charge in [0.1, 0.15) is 5.78 Å². The van der Waals surface area contributed by atoms with E-state index in [1.165, 1.54) is 19.2 Å². The molecule has 0 bridgehead atoms. The summed E-state index contributed by atoms with van der Waals surface area (Å²) in [5.41, 5.74) is -3.16. The van der Waals surface area contributed by atoms with Gasteiger partial charge in [-0.05, 0) is 37.6 Å². The minimum absolute atomic E-state index is 0.0114. The van der Waals surface area contributed by atoms with E-state index in [1.54, 1.807) is 11.9 Å². The molecule has 2 aromatic rings. The van der Waals surface area contributed by atoms with Gasteiger partial charge in [0, 0.05) is 41.2 Å². The fourth-order valence-corrected chi connectivity index (χ4v) is 4.36. The Kier molecular flexibility index (Phi) is 3.98. The number of rotatable bonds is 1. The maximum absolute atomic E-state index is 13.9. The number of fused-ring (bicyclic) bond motifs is 2. The third kappa shape index (κ3) is 2.75. The van der Waals surface area contributed by atoms with E-state index in [0.29, 0.717) is 24.6 Å². The molecule has 150 valence electrons. The first-order valence-corrected chi connectivity index (χ1v) is 8.63. The van der Waals surface area contributed by atoms with Crippen LogP contribution in [0.1, 0.15) is 29.2 Å². The van der Waals surface area contributed by atoms with E-state index in [0.717, 1.165) is 0 Å². The van der Waals surface area contributed by atoms with Crippen LogP contribution >= 0.6 is 0 Å². The minimum atomic E-state index is -5.20. The van der Waals surface area contributed by atoms with Crippen LogP contribution in [-0.4, -0.2) is 35.3 Å². The summed E-state index contributed by atoms with van der Waals surface area (Å²) >= 11 is 0. The maximum Gasteiger partial charge on any atom is 0.417 e. The number of aromatic nitrogens is 1. The highest BCUT2D eigenvalue weighted by atomic mass is 19.4. The lowest BCUT2D eigenvalue weighted by molar-refractivity contribution is -0.162. The Morgan fingerprint density at radius 2 is 1.86 bits per heavy atom. The van der Waals surface area contributed by atoms with E-state index in [-0.39, 0.29) is 22.3 Å². The number of ketones is 1. The molecule has 0 saturated carbocycles. The van der Waals surface area contributed by atoms with Crippen LogP contribution in [0.4, 0.5) is 26.3 Å². The Balaban J connectivity index is 2.14. The third-order valence-electron chi connectivity index (χ3n) is 5.62. The second-order valence-corrected chi connectivity index (χ2v) is 7.40. The molecule has 1 aromatic heterocycles. The molecule has 0 spiro atoms. The topological polar surface area (TPSA) is 36.1 Å². The number of alkyl halides is 6. The molecule has 28 heavy (non-hydrogen) atoms. The van der Waals surface area contributed by atoms with Gasteiger partial charge in [-0.25, -0.2) is 0 Å². The van der Waals surface area contributed by atoms with Crippen LogP contribution in [0.5, 0.6) is 0 Å². The van der Waals surface area contributed by atoms with Gasteiger partial charge < -0.3 is 4.98 Å². The molecular formula is C19H16F6N2O. The summed E-state index contributed by atoms with van der Waals surface area (Å²) in [5, 5.41) is 0.153. The van der Waals surface area contributed by atoms with Gasteiger partial charge in [-0.15, -0.1) is 0 Å². The van der Waals surface area contributed by atoms with E-state index in [1.807, 2.05) is 0 Å². The quantitative estimate of drug-likeness (QED) is 0.705. The second kappa shape index (κ2) is 5.85. The first-order chi connectivity index (χ1) is 12.9. The fourth-order valence-electron chi connectivity index (χ4n) is 4.36. The average molecular weight is 402 g/mol. The van der Waals surface area contributed by atoms with Crippen molar-refractivity contribution in [3.05, 3.63) is 40.6 Å². The van der Waals surface area contributed by atoms with Crippen molar-refractivity contribution >= 4 is 22.3 Å². The number of hydrogen-bond acceptors (Lipinski definition) is 2. The Hall–Kier alpha value is -2.29. The highest BCUT2D eigenvalue weighted by Crippen LogP contribution is 2.51. The van der Waals surface area contributed by atoms with E-state index < -0.39 is 41.0 Å². The molecule has 2 heterocycles. The predicted molar refractivity (Wildman–Crippen MR) is 90.6 cm³/mol. The third-order valence-corrected chi connectivity index (χ3v) is 5.62. The van der Waals surface area contributed by atoms with Crippen LogP contribution in [0.15, 0.2) is 18.3 Å². The number of H-pyrrole nitrogens is 1. The Morgan fingerprint density at radius 3 is 2.43 bits per heavy atom. The number of carbonyl (C=O) groups is 1. The summed E-state index contributed by atoms with van der Waals surface area (Å²) in [5.74, 6) is -0.906. The van der Waals surface area contributed by atoms with Crippen molar-refractivity contribution in [3.8, 4) is 0 Å². The van der Waals surface area contributed by atoms with Gasteiger partial charge in [0.15, 0.2) is 0 Å². The average Bonchev–Trinajstić information content (AvgIpc) is 2.97.